The molecule has 2 aliphatic rings. The number of hydrogen-bond donors (Lipinski definition) is 5. The predicted octanol–water partition coefficient (Wildman–Crippen LogP) is 8.77. The smallest absolute Gasteiger partial charge is 0.351 e. The third-order valence-electron chi connectivity index (χ3n) is 16.6. The lowest BCUT2D eigenvalue weighted by atomic mass is 9.80. The van der Waals surface area contributed by atoms with Crippen LogP contribution in [0, 0.1) is 5.92 Å². The molecule has 0 amide bonds. The van der Waals surface area contributed by atoms with Gasteiger partial charge >= 0.3 is 13.3 Å². The van der Waals surface area contributed by atoms with Gasteiger partial charge in [-0.2, -0.15) is 9.97 Å². The van der Waals surface area contributed by atoms with Crippen LogP contribution in [0.2, 0.25) is 5.04 Å². The van der Waals surface area contributed by atoms with Crippen LogP contribution in [0.15, 0.2) is 198 Å². The molecular formula is C68H77N8O13PSi. The van der Waals surface area contributed by atoms with Gasteiger partial charge in [0.25, 0.3) is 13.9 Å². The van der Waals surface area contributed by atoms with E-state index in [1.165, 1.54) is 23.8 Å². The molecule has 5 N–H and O–H groups in total. The number of hydrogen-bond acceptors (Lipinski definition) is 18. The third kappa shape index (κ3) is 13.5. The highest BCUT2D eigenvalue weighted by atomic mass is 31.2. The number of benzene rings is 6. The fourth-order valence-electron chi connectivity index (χ4n) is 12.1. The molecule has 9 aromatic rings. The van der Waals surface area contributed by atoms with Crippen LogP contribution in [-0.2, 0) is 44.4 Å². The van der Waals surface area contributed by atoms with Gasteiger partial charge in [0.2, 0.25) is 5.95 Å². The van der Waals surface area contributed by atoms with Crippen LogP contribution in [0.1, 0.15) is 69.3 Å². The molecular weight excluding hydrogens is 1200 g/mol. The summed E-state index contributed by atoms with van der Waals surface area (Å²) in [5.41, 5.74) is 0.592. The fraction of sp³-hybridized carbons (Fsp3) is 0.338. The first-order valence-electron chi connectivity index (χ1n) is 30.2. The van der Waals surface area contributed by atoms with Crippen molar-refractivity contribution in [1.29, 1.82) is 0 Å². The summed E-state index contributed by atoms with van der Waals surface area (Å²) >= 11 is 0. The van der Waals surface area contributed by atoms with Crippen molar-refractivity contribution in [2.24, 2.45) is 5.92 Å². The molecule has 2 aliphatic heterocycles. The van der Waals surface area contributed by atoms with Gasteiger partial charge in [0.1, 0.15) is 59.5 Å². The van der Waals surface area contributed by atoms with Crippen molar-refractivity contribution in [3.8, 4) is 11.5 Å². The number of aliphatic hydroxyl groups is 2. The first-order chi connectivity index (χ1) is 43.8. The van der Waals surface area contributed by atoms with E-state index in [1.807, 2.05) is 184 Å². The van der Waals surface area contributed by atoms with Gasteiger partial charge in [-0.05, 0) is 73.9 Å². The van der Waals surface area contributed by atoms with Crippen molar-refractivity contribution in [2.75, 3.05) is 51.3 Å². The topological polar surface area (TPSA) is 254 Å². The van der Waals surface area contributed by atoms with Crippen LogP contribution in [0.25, 0.3) is 11.2 Å². The third-order valence-corrected chi connectivity index (χ3v) is 22.9. The Morgan fingerprint density at radius 2 is 1.20 bits per heavy atom. The Kier molecular flexibility index (Phi) is 19.4. The second-order valence-electron chi connectivity index (χ2n) is 24.2. The van der Waals surface area contributed by atoms with Crippen LogP contribution in [0.4, 0.5) is 11.8 Å². The van der Waals surface area contributed by atoms with Crippen molar-refractivity contribution < 1.29 is 51.9 Å². The van der Waals surface area contributed by atoms with Gasteiger partial charge in [0.15, 0.2) is 23.6 Å². The summed E-state index contributed by atoms with van der Waals surface area (Å²) in [7, 11) is -4.77. The average molecular weight is 1270 g/mol. The summed E-state index contributed by atoms with van der Waals surface area (Å²) in [6, 6.07) is 55.5. The second-order valence-corrected chi connectivity index (χ2v) is 30.4. The number of aromatic amines is 1. The van der Waals surface area contributed by atoms with Gasteiger partial charge < -0.3 is 53.5 Å². The van der Waals surface area contributed by atoms with E-state index >= 15 is 4.57 Å². The number of imidazole rings is 1. The van der Waals surface area contributed by atoms with Gasteiger partial charge in [0.05, 0.1) is 33.8 Å². The Balaban J connectivity index is 0.958. The normalized spacial score (nSPS) is 21.0. The molecule has 9 atom stereocenters. The molecule has 5 heterocycles. The molecule has 0 spiro atoms. The van der Waals surface area contributed by atoms with E-state index in [1.54, 1.807) is 20.3 Å². The molecule has 3 aromatic heterocycles. The molecule has 6 aromatic carbocycles. The molecule has 91 heavy (non-hydrogen) atoms. The number of H-pyrrole nitrogens is 1. The minimum absolute atomic E-state index is 0.0124. The van der Waals surface area contributed by atoms with E-state index < -0.39 is 93.5 Å². The lowest BCUT2D eigenvalue weighted by molar-refractivity contribution is -0.0950. The van der Waals surface area contributed by atoms with Crippen molar-refractivity contribution in [3.05, 3.63) is 232 Å². The maximum absolute atomic E-state index is 15.5. The molecule has 476 valence electrons. The molecule has 0 saturated carbocycles. The molecule has 21 nitrogen and oxygen atoms in total. The maximum Gasteiger partial charge on any atom is 0.351 e. The summed E-state index contributed by atoms with van der Waals surface area (Å²) in [6.45, 7) is 11.7. The summed E-state index contributed by atoms with van der Waals surface area (Å²) in [5, 5.41) is 33.2. The maximum atomic E-state index is 15.5. The van der Waals surface area contributed by atoms with E-state index in [0.717, 1.165) is 26.1 Å². The highest BCUT2D eigenvalue weighted by Gasteiger charge is 2.57. The Morgan fingerprint density at radius 3 is 1.75 bits per heavy atom. The van der Waals surface area contributed by atoms with Gasteiger partial charge in [0, 0.05) is 26.0 Å². The molecule has 0 radical (unpaired) electrons. The lowest BCUT2D eigenvalue weighted by Gasteiger charge is -2.45. The number of rotatable bonds is 25. The van der Waals surface area contributed by atoms with E-state index in [2.05, 4.69) is 46.4 Å². The molecule has 0 bridgehead atoms. The van der Waals surface area contributed by atoms with Crippen molar-refractivity contribution in [2.45, 2.75) is 101 Å². The lowest BCUT2D eigenvalue weighted by Crippen LogP contribution is -2.69. The Hall–Kier alpha value is -8.12. The number of methoxy groups -OCH3 is 2. The summed E-state index contributed by atoms with van der Waals surface area (Å²) < 4.78 is 70.9. The number of ether oxygens (including phenoxy) is 5. The molecule has 0 aliphatic carbocycles. The zero-order chi connectivity index (χ0) is 64.1. The fourth-order valence-corrected chi connectivity index (χ4v) is 18.0. The summed E-state index contributed by atoms with van der Waals surface area (Å²) in [6.07, 6.45) is -8.18. The van der Waals surface area contributed by atoms with Crippen LogP contribution in [0.3, 0.4) is 0 Å². The minimum Gasteiger partial charge on any atom is -0.497 e. The molecule has 2 fully saturated rings. The van der Waals surface area contributed by atoms with E-state index in [9.17, 15) is 19.8 Å². The van der Waals surface area contributed by atoms with Crippen LogP contribution in [-0.4, -0.2) is 125 Å². The first-order valence-corrected chi connectivity index (χ1v) is 34.1. The quantitative estimate of drug-likeness (QED) is 0.0204. The Bertz CT molecular complexity index is 3960. The van der Waals surface area contributed by atoms with E-state index in [0.29, 0.717) is 35.7 Å². The van der Waals surface area contributed by atoms with Crippen LogP contribution >= 0.6 is 7.60 Å². The first kappa shape index (κ1) is 64.4. The number of aliphatic hydroxyl groups excluding tert-OH is 2. The standard InChI is InChI=1S/C68H77N8O13PSi/c1-44(2)39-70-65-73-61-56(62(79)74-65)71-43-76(61)64-58(78)60(89-91(67(3,4)5,51-25-17-11-18-26-51)52-27-19-12-20-28-52)54(87-64)42-85-90(8,81)88-59-53(86-63(57(59)77)75-38-37-55(72-66(75)80)69-40-45-21-13-9-14-22-45)41-84-68(46-23-15-10-16-24-46,47-29-33-49(82-6)34-30-47)48-31-35-50(83-7)36-32-48/h9-38,43-44,53-54,57-60,63-64,77-78H,39-42H2,1-8H3,(H,69,72,80)(H2,70,73,74,79)/t53-,54-,57-,58-,59-,60-,63-,64-,90?/m1/s1. The number of anilines is 2. The highest BCUT2D eigenvalue weighted by molar-refractivity contribution is 7.53. The molecule has 2 saturated heterocycles. The van der Waals surface area contributed by atoms with Gasteiger partial charge in [-0.15, -0.1) is 0 Å². The number of nitrogens with zero attached hydrogens (tertiary/aromatic N) is 5. The van der Waals surface area contributed by atoms with E-state index in [-0.39, 0.29) is 35.5 Å². The minimum atomic E-state index is -4.42. The summed E-state index contributed by atoms with van der Waals surface area (Å²) in [4.78, 5) is 44.0. The molecule has 23 heteroatoms. The molecule has 1 unspecified atom stereocenters. The second kappa shape index (κ2) is 27.4. The Labute approximate surface area is 529 Å². The Morgan fingerprint density at radius 1 is 0.670 bits per heavy atom. The van der Waals surface area contributed by atoms with Crippen molar-refractivity contribution >= 4 is 49.2 Å². The van der Waals surface area contributed by atoms with Crippen molar-refractivity contribution in [3.63, 3.8) is 0 Å². The van der Waals surface area contributed by atoms with Gasteiger partial charge in [-0.25, -0.2) is 9.78 Å². The monoisotopic (exact) mass is 1270 g/mol. The van der Waals surface area contributed by atoms with Crippen LogP contribution in [0.5, 0.6) is 11.5 Å². The largest absolute Gasteiger partial charge is 0.497 e. The SMILES string of the molecule is COc1ccc(C(OC[C@H]2O[C@@H](n3ccc(NCc4ccccc4)nc3=O)[C@H](O)[C@@H]2OP(C)(=O)OC[C@H]2O[C@@H](n3cnc4c(=O)[nH]c(NCC(C)C)nc43)[C@H](O)[C@@H]2O[Si](c2ccccc2)(c2ccccc2)C(C)(C)C)(c2ccccc2)c2ccc(OC)cc2)cc1. The van der Waals surface area contributed by atoms with Gasteiger partial charge in [-0.1, -0.05) is 180 Å². The van der Waals surface area contributed by atoms with Crippen LogP contribution < -0.4 is 41.7 Å². The number of aromatic nitrogens is 6. The summed E-state index contributed by atoms with van der Waals surface area (Å²) in [5.74, 6) is 1.93. The number of fused-ring (bicyclic) bond motifs is 1. The van der Waals surface area contributed by atoms with E-state index in [4.69, 9.17) is 42.1 Å². The predicted molar refractivity (Wildman–Crippen MR) is 349 cm³/mol. The van der Waals surface area contributed by atoms with Crippen molar-refractivity contribution in [1.82, 2.24) is 29.1 Å². The zero-order valence-corrected chi connectivity index (χ0v) is 53.9. The number of nitrogens with one attached hydrogen (secondary N) is 3. The van der Waals surface area contributed by atoms with Gasteiger partial charge in [-0.3, -0.25) is 28.0 Å². The highest BCUT2D eigenvalue weighted by Crippen LogP contribution is 2.51. The zero-order valence-electron chi connectivity index (χ0n) is 52.0. The molecule has 11 rings (SSSR count). The average Bonchev–Trinajstić information content (AvgIpc) is 1.72.